The van der Waals surface area contributed by atoms with Gasteiger partial charge in [-0.15, -0.1) is 0 Å². The number of rotatable bonds is 3. The van der Waals surface area contributed by atoms with E-state index in [1.54, 1.807) is 4.90 Å². The molecule has 4 rings (SSSR count). The number of hydrogen-bond acceptors (Lipinski definition) is 5. The molecule has 24 heavy (non-hydrogen) atoms. The first kappa shape index (κ1) is 14.9. The lowest BCUT2D eigenvalue weighted by Gasteiger charge is -2.26. The summed E-state index contributed by atoms with van der Waals surface area (Å²) >= 11 is 0. The van der Waals surface area contributed by atoms with E-state index in [0.29, 0.717) is 11.7 Å². The van der Waals surface area contributed by atoms with Crippen molar-refractivity contribution in [3.63, 3.8) is 0 Å². The summed E-state index contributed by atoms with van der Waals surface area (Å²) in [4.78, 5) is 17.2. The molecule has 0 saturated carbocycles. The van der Waals surface area contributed by atoms with Crippen molar-refractivity contribution in [2.75, 3.05) is 13.1 Å². The summed E-state index contributed by atoms with van der Waals surface area (Å²) in [5.74, 6) is 1.50. The van der Waals surface area contributed by atoms with Gasteiger partial charge < -0.3 is 9.42 Å². The molecule has 1 fully saturated rings. The SMILES string of the molecule is Cc1nn(C)c2ccc(-c3noc(C4CCN(C=O)CC4)n3)cc12. The number of likely N-dealkylation sites (tertiary alicyclic amines) is 1. The van der Waals surface area contributed by atoms with Crippen LogP contribution in [-0.4, -0.2) is 44.3 Å². The number of fused-ring (bicyclic) bond motifs is 1. The highest BCUT2D eigenvalue weighted by Crippen LogP contribution is 2.29. The van der Waals surface area contributed by atoms with Crippen molar-refractivity contribution in [1.82, 2.24) is 24.8 Å². The predicted molar refractivity (Wildman–Crippen MR) is 88.4 cm³/mol. The van der Waals surface area contributed by atoms with Crippen LogP contribution in [0.4, 0.5) is 0 Å². The third kappa shape index (κ3) is 2.46. The van der Waals surface area contributed by atoms with Crippen molar-refractivity contribution in [2.24, 2.45) is 7.05 Å². The second-order valence-corrected chi connectivity index (χ2v) is 6.31. The van der Waals surface area contributed by atoms with E-state index in [0.717, 1.165) is 54.5 Å². The van der Waals surface area contributed by atoms with Crippen LogP contribution in [0.3, 0.4) is 0 Å². The summed E-state index contributed by atoms with van der Waals surface area (Å²) in [6.07, 6.45) is 2.63. The zero-order chi connectivity index (χ0) is 16.7. The summed E-state index contributed by atoms with van der Waals surface area (Å²) < 4.78 is 7.36. The van der Waals surface area contributed by atoms with E-state index >= 15 is 0 Å². The third-order valence-corrected chi connectivity index (χ3v) is 4.76. The summed E-state index contributed by atoms with van der Waals surface area (Å²) in [5.41, 5.74) is 3.00. The van der Waals surface area contributed by atoms with Crippen molar-refractivity contribution < 1.29 is 9.32 Å². The number of piperidine rings is 1. The van der Waals surface area contributed by atoms with Gasteiger partial charge in [0.25, 0.3) is 0 Å². The van der Waals surface area contributed by atoms with Crippen LogP contribution < -0.4 is 0 Å². The van der Waals surface area contributed by atoms with E-state index in [1.165, 1.54) is 0 Å². The highest BCUT2D eigenvalue weighted by Gasteiger charge is 2.25. The normalized spacial score (nSPS) is 16.0. The Labute approximate surface area is 139 Å². The third-order valence-electron chi connectivity index (χ3n) is 4.76. The Bertz CT molecular complexity index is 890. The van der Waals surface area contributed by atoms with Crippen LogP contribution in [0.25, 0.3) is 22.3 Å². The van der Waals surface area contributed by atoms with Gasteiger partial charge in [-0.25, -0.2) is 0 Å². The van der Waals surface area contributed by atoms with Crippen molar-refractivity contribution in [1.29, 1.82) is 0 Å². The van der Waals surface area contributed by atoms with Gasteiger partial charge in [0.2, 0.25) is 18.1 Å². The molecule has 1 saturated heterocycles. The molecule has 0 atom stereocenters. The lowest BCUT2D eigenvalue weighted by atomic mass is 9.97. The zero-order valence-corrected chi connectivity index (χ0v) is 13.8. The van der Waals surface area contributed by atoms with E-state index in [9.17, 15) is 4.79 Å². The van der Waals surface area contributed by atoms with Crippen molar-refractivity contribution >= 4 is 17.3 Å². The Hall–Kier alpha value is -2.70. The largest absolute Gasteiger partial charge is 0.345 e. The number of carbonyl (C=O) groups is 1. The standard InChI is InChI=1S/C17H19N5O2/c1-11-14-9-13(3-4-15(14)21(2)19-11)16-18-17(24-20-16)12-5-7-22(10-23)8-6-12/h3-4,9-10,12H,5-8H2,1-2H3. The number of hydrogen-bond donors (Lipinski definition) is 0. The Balaban J connectivity index is 1.61. The molecule has 1 aliphatic heterocycles. The fraction of sp³-hybridized carbons (Fsp3) is 0.412. The molecule has 0 spiro atoms. The van der Waals surface area contributed by atoms with Gasteiger partial charge in [-0.2, -0.15) is 10.1 Å². The van der Waals surface area contributed by atoms with Gasteiger partial charge in [-0.3, -0.25) is 9.48 Å². The minimum Gasteiger partial charge on any atom is -0.345 e. The lowest BCUT2D eigenvalue weighted by molar-refractivity contribution is -0.119. The molecule has 0 radical (unpaired) electrons. The maximum atomic E-state index is 10.8. The molecule has 3 heterocycles. The number of aryl methyl sites for hydroxylation is 2. The fourth-order valence-electron chi connectivity index (χ4n) is 3.35. The molecule has 1 aromatic carbocycles. The van der Waals surface area contributed by atoms with Gasteiger partial charge >= 0.3 is 0 Å². The Morgan fingerprint density at radius 1 is 1.29 bits per heavy atom. The first-order valence-corrected chi connectivity index (χ1v) is 8.12. The topological polar surface area (TPSA) is 77.0 Å². The van der Waals surface area contributed by atoms with Gasteiger partial charge in [0.15, 0.2) is 0 Å². The quantitative estimate of drug-likeness (QED) is 0.690. The molecule has 7 heteroatoms. The second-order valence-electron chi connectivity index (χ2n) is 6.31. The van der Waals surface area contributed by atoms with Gasteiger partial charge in [0.05, 0.1) is 11.2 Å². The van der Waals surface area contributed by atoms with Crippen LogP contribution in [-0.2, 0) is 11.8 Å². The van der Waals surface area contributed by atoms with Crippen LogP contribution in [0.5, 0.6) is 0 Å². The Kier molecular flexibility index (Phi) is 3.55. The number of nitrogens with zero attached hydrogens (tertiary/aromatic N) is 5. The molecular weight excluding hydrogens is 306 g/mol. The molecule has 3 aromatic rings. The number of aromatic nitrogens is 4. The molecule has 1 amide bonds. The van der Waals surface area contributed by atoms with Crippen LogP contribution in [0.2, 0.25) is 0 Å². The average Bonchev–Trinajstić information content (AvgIpc) is 3.21. The van der Waals surface area contributed by atoms with Gasteiger partial charge in [0, 0.05) is 37.0 Å². The molecule has 0 aliphatic carbocycles. The van der Waals surface area contributed by atoms with Crippen molar-refractivity contribution in [2.45, 2.75) is 25.7 Å². The van der Waals surface area contributed by atoms with E-state index in [1.807, 2.05) is 30.8 Å². The van der Waals surface area contributed by atoms with Crippen LogP contribution in [0, 0.1) is 6.92 Å². The lowest BCUT2D eigenvalue weighted by Crippen LogP contribution is -2.31. The minimum atomic E-state index is 0.228. The highest BCUT2D eigenvalue weighted by atomic mass is 16.5. The van der Waals surface area contributed by atoms with E-state index < -0.39 is 0 Å². The Morgan fingerprint density at radius 2 is 2.08 bits per heavy atom. The van der Waals surface area contributed by atoms with Gasteiger partial charge in [0.1, 0.15) is 0 Å². The first-order chi connectivity index (χ1) is 11.7. The number of carbonyl (C=O) groups excluding carboxylic acids is 1. The summed E-state index contributed by atoms with van der Waals surface area (Å²) in [6, 6.07) is 6.08. The first-order valence-electron chi connectivity index (χ1n) is 8.12. The van der Waals surface area contributed by atoms with Crippen molar-refractivity contribution in [3.8, 4) is 11.4 Å². The van der Waals surface area contributed by atoms with Gasteiger partial charge in [-0.05, 0) is 38.0 Å². The monoisotopic (exact) mass is 325 g/mol. The molecule has 2 aromatic heterocycles. The molecule has 0 unspecified atom stereocenters. The smallest absolute Gasteiger partial charge is 0.230 e. The average molecular weight is 325 g/mol. The number of benzene rings is 1. The van der Waals surface area contributed by atoms with E-state index in [4.69, 9.17) is 4.52 Å². The minimum absolute atomic E-state index is 0.228. The maximum Gasteiger partial charge on any atom is 0.230 e. The second kappa shape index (κ2) is 5.74. The Morgan fingerprint density at radius 3 is 2.83 bits per heavy atom. The van der Waals surface area contributed by atoms with E-state index in [-0.39, 0.29) is 5.92 Å². The molecule has 1 aliphatic rings. The molecule has 124 valence electrons. The molecule has 0 bridgehead atoms. The van der Waals surface area contributed by atoms with Crippen LogP contribution in [0.15, 0.2) is 22.7 Å². The summed E-state index contributed by atoms with van der Waals surface area (Å²) in [7, 11) is 1.94. The highest BCUT2D eigenvalue weighted by molar-refractivity contribution is 5.85. The summed E-state index contributed by atoms with van der Waals surface area (Å²) in [5, 5.41) is 9.68. The van der Waals surface area contributed by atoms with Crippen LogP contribution >= 0.6 is 0 Å². The predicted octanol–water partition coefficient (Wildman–Crippen LogP) is 2.27. The maximum absolute atomic E-state index is 10.8. The van der Waals surface area contributed by atoms with E-state index in [2.05, 4.69) is 21.3 Å². The molecule has 0 N–H and O–H groups in total. The van der Waals surface area contributed by atoms with Gasteiger partial charge in [-0.1, -0.05) is 5.16 Å². The molecular formula is C17H19N5O2. The van der Waals surface area contributed by atoms with Crippen LogP contribution in [0.1, 0.15) is 30.3 Å². The fourth-order valence-corrected chi connectivity index (χ4v) is 3.35. The number of amides is 1. The zero-order valence-electron chi connectivity index (χ0n) is 13.8. The summed E-state index contributed by atoms with van der Waals surface area (Å²) in [6.45, 7) is 3.48. The van der Waals surface area contributed by atoms with Crippen molar-refractivity contribution in [3.05, 3.63) is 29.8 Å². The molecule has 7 nitrogen and oxygen atoms in total.